The van der Waals surface area contributed by atoms with Gasteiger partial charge >= 0.3 is 14.5 Å². The first kappa shape index (κ1) is 25.3. The summed E-state index contributed by atoms with van der Waals surface area (Å²) in [5.74, 6) is 0.774. The van der Waals surface area contributed by atoms with Crippen LogP contribution in [0.4, 0.5) is 5.82 Å². The lowest BCUT2D eigenvalue weighted by atomic mass is 10.1. The number of carbonyl (C=O) groups is 1. The summed E-state index contributed by atoms with van der Waals surface area (Å²) in [7, 11) is 0.0357. The molecule has 3 unspecified atom stereocenters. The molecule has 3 atom stereocenters. The Labute approximate surface area is 198 Å². The summed E-state index contributed by atoms with van der Waals surface area (Å²) in [6, 6.07) is 8.73. The van der Waals surface area contributed by atoms with Crippen LogP contribution >= 0.6 is 19.9 Å². The SMILES string of the molecule is CCOC(=O)C(C)NP(OCC(CCc1csc2c(N)ncnc12)OC)Oc1ccccc1. The average molecular weight is 493 g/mol. The maximum absolute atomic E-state index is 12.1. The largest absolute Gasteiger partial charge is 0.465 e. The molecule has 0 bridgehead atoms. The van der Waals surface area contributed by atoms with E-state index in [1.54, 1.807) is 32.3 Å². The van der Waals surface area contributed by atoms with Crippen LogP contribution in [-0.2, 0) is 25.2 Å². The molecular formula is C22H29N4O5PS. The number of nitrogens with zero attached hydrogens (tertiary/aromatic N) is 2. The van der Waals surface area contributed by atoms with Gasteiger partial charge in [-0.2, -0.15) is 0 Å². The first-order valence-corrected chi connectivity index (χ1v) is 12.7. The van der Waals surface area contributed by atoms with Gasteiger partial charge < -0.3 is 24.3 Å². The van der Waals surface area contributed by atoms with Crippen LogP contribution in [0.3, 0.4) is 0 Å². The number of nitrogens with two attached hydrogens (primary N) is 1. The minimum atomic E-state index is -1.61. The normalized spacial score (nSPS) is 14.0. The maximum Gasteiger partial charge on any atom is 0.323 e. The number of nitrogen functional groups attached to an aromatic ring is 1. The first-order chi connectivity index (χ1) is 16.0. The Bertz CT molecular complexity index is 1020. The molecule has 1 aromatic carbocycles. The predicted molar refractivity (Wildman–Crippen MR) is 130 cm³/mol. The van der Waals surface area contributed by atoms with Crippen molar-refractivity contribution in [3.05, 3.63) is 47.6 Å². The Morgan fingerprint density at radius 1 is 1.27 bits per heavy atom. The zero-order valence-electron chi connectivity index (χ0n) is 18.9. The predicted octanol–water partition coefficient (Wildman–Crippen LogP) is 4.08. The van der Waals surface area contributed by atoms with E-state index in [1.165, 1.54) is 6.33 Å². The second kappa shape index (κ2) is 12.8. The number of esters is 1. The fourth-order valence-corrected chi connectivity index (χ4v) is 5.15. The summed E-state index contributed by atoms with van der Waals surface area (Å²) in [5, 5.41) is 5.14. The van der Waals surface area contributed by atoms with Crippen LogP contribution in [0, 0.1) is 0 Å². The molecule has 0 aliphatic carbocycles. The molecule has 11 heteroatoms. The number of benzene rings is 1. The number of aromatic nitrogens is 2. The molecule has 0 spiro atoms. The molecule has 2 aromatic heterocycles. The number of aryl methyl sites for hydroxylation is 1. The molecule has 2 heterocycles. The van der Waals surface area contributed by atoms with Crippen molar-refractivity contribution in [3.8, 4) is 5.75 Å². The van der Waals surface area contributed by atoms with Crippen molar-refractivity contribution in [2.24, 2.45) is 0 Å². The molecule has 0 aliphatic rings. The minimum Gasteiger partial charge on any atom is -0.465 e. The van der Waals surface area contributed by atoms with Gasteiger partial charge in [0.1, 0.15) is 23.9 Å². The molecule has 0 radical (unpaired) electrons. The zero-order valence-corrected chi connectivity index (χ0v) is 20.6. The van der Waals surface area contributed by atoms with Crippen LogP contribution in [-0.4, -0.2) is 48.4 Å². The third kappa shape index (κ3) is 7.31. The highest BCUT2D eigenvalue weighted by Gasteiger charge is 2.24. The van der Waals surface area contributed by atoms with Gasteiger partial charge in [0.15, 0.2) is 0 Å². The topological polar surface area (TPSA) is 118 Å². The number of hydrogen-bond acceptors (Lipinski definition) is 10. The molecule has 0 fully saturated rings. The fourth-order valence-electron chi connectivity index (χ4n) is 2.98. The average Bonchev–Trinajstić information content (AvgIpc) is 3.24. The van der Waals surface area contributed by atoms with Gasteiger partial charge in [0, 0.05) is 7.11 Å². The van der Waals surface area contributed by atoms with Crippen molar-refractivity contribution in [2.75, 3.05) is 26.1 Å². The maximum atomic E-state index is 12.1. The standard InChI is InChI=1S/C22H29N4O5PS/c1-4-29-22(27)15(2)26-32(31-17-8-6-5-7-9-17)30-12-18(28-3)11-10-16-13-33-20-19(16)24-14-25-21(20)23/h5-9,13-15,18,26H,4,10-12H2,1-3H3,(H2,23,24,25). The molecular weight excluding hydrogens is 463 g/mol. The number of fused-ring (bicyclic) bond motifs is 1. The summed E-state index contributed by atoms with van der Waals surface area (Å²) in [6.07, 6.45) is 2.77. The molecule has 0 saturated carbocycles. The number of hydrogen-bond donors (Lipinski definition) is 2. The number of carbonyl (C=O) groups excluding carboxylic acids is 1. The highest BCUT2D eigenvalue weighted by atomic mass is 32.1. The van der Waals surface area contributed by atoms with E-state index in [9.17, 15) is 4.79 Å². The van der Waals surface area contributed by atoms with E-state index in [0.717, 1.165) is 22.2 Å². The number of rotatable bonds is 13. The zero-order chi connectivity index (χ0) is 23.6. The molecule has 0 aliphatic heterocycles. The van der Waals surface area contributed by atoms with Gasteiger partial charge in [0.2, 0.25) is 0 Å². The Morgan fingerprint density at radius 2 is 2.06 bits per heavy atom. The Balaban J connectivity index is 1.60. The molecule has 3 N–H and O–H groups in total. The van der Waals surface area contributed by atoms with Crippen molar-refractivity contribution in [1.82, 2.24) is 15.1 Å². The summed E-state index contributed by atoms with van der Waals surface area (Å²) >= 11 is 1.54. The molecule has 3 aromatic rings. The van der Waals surface area contributed by atoms with Crippen LogP contribution in [0.25, 0.3) is 10.2 Å². The van der Waals surface area contributed by atoms with Crippen molar-refractivity contribution >= 4 is 41.9 Å². The Morgan fingerprint density at radius 3 is 2.79 bits per heavy atom. The molecule has 9 nitrogen and oxygen atoms in total. The van der Waals surface area contributed by atoms with Gasteiger partial charge in [-0.15, -0.1) is 11.3 Å². The number of nitrogens with one attached hydrogen (secondary N) is 1. The van der Waals surface area contributed by atoms with E-state index in [-0.39, 0.29) is 18.7 Å². The molecule has 3 rings (SSSR count). The van der Waals surface area contributed by atoms with Crippen molar-refractivity contribution in [2.45, 2.75) is 38.8 Å². The highest BCUT2D eigenvalue weighted by molar-refractivity contribution is 7.45. The fraction of sp³-hybridized carbons (Fsp3) is 0.409. The number of para-hydroxylation sites is 1. The van der Waals surface area contributed by atoms with Crippen molar-refractivity contribution < 1.29 is 23.3 Å². The molecule has 178 valence electrons. The van der Waals surface area contributed by atoms with Gasteiger partial charge in [-0.25, -0.2) is 15.1 Å². The summed E-state index contributed by atoms with van der Waals surface area (Å²) in [4.78, 5) is 20.5. The van der Waals surface area contributed by atoms with E-state index in [4.69, 9.17) is 24.3 Å². The van der Waals surface area contributed by atoms with Crippen LogP contribution in [0.15, 0.2) is 42.0 Å². The van der Waals surface area contributed by atoms with Crippen LogP contribution in [0.2, 0.25) is 0 Å². The number of thiophene rings is 1. The quantitative estimate of drug-likeness (QED) is 0.269. The van der Waals surface area contributed by atoms with Crippen molar-refractivity contribution in [3.63, 3.8) is 0 Å². The van der Waals surface area contributed by atoms with Gasteiger partial charge in [-0.05, 0) is 49.8 Å². The Hall–Kier alpha value is -2.36. The van der Waals surface area contributed by atoms with Gasteiger partial charge in [0.25, 0.3) is 0 Å². The van der Waals surface area contributed by atoms with Crippen LogP contribution in [0.5, 0.6) is 5.75 Å². The van der Waals surface area contributed by atoms with E-state index in [1.807, 2.05) is 30.3 Å². The van der Waals surface area contributed by atoms with E-state index < -0.39 is 14.6 Å². The van der Waals surface area contributed by atoms with Gasteiger partial charge in [-0.1, -0.05) is 18.2 Å². The number of methoxy groups -OCH3 is 1. The summed E-state index contributed by atoms with van der Waals surface area (Å²) < 4.78 is 23.6. The lowest BCUT2D eigenvalue weighted by Gasteiger charge is -2.23. The first-order valence-electron chi connectivity index (χ1n) is 10.6. The van der Waals surface area contributed by atoms with E-state index in [0.29, 0.717) is 24.6 Å². The lowest BCUT2D eigenvalue weighted by Crippen LogP contribution is -2.34. The van der Waals surface area contributed by atoms with Gasteiger partial charge in [-0.3, -0.25) is 4.79 Å². The molecule has 0 saturated heterocycles. The Kier molecular flexibility index (Phi) is 9.77. The molecule has 33 heavy (non-hydrogen) atoms. The summed E-state index contributed by atoms with van der Waals surface area (Å²) in [5.41, 5.74) is 7.92. The van der Waals surface area contributed by atoms with Crippen molar-refractivity contribution in [1.29, 1.82) is 0 Å². The lowest BCUT2D eigenvalue weighted by molar-refractivity contribution is -0.144. The highest BCUT2D eigenvalue weighted by Crippen LogP contribution is 2.36. The second-order valence-electron chi connectivity index (χ2n) is 7.15. The third-order valence-corrected chi connectivity index (χ3v) is 7.17. The smallest absolute Gasteiger partial charge is 0.323 e. The van der Waals surface area contributed by atoms with Crippen LogP contribution < -0.4 is 15.3 Å². The summed E-state index contributed by atoms with van der Waals surface area (Å²) in [6.45, 7) is 4.08. The van der Waals surface area contributed by atoms with E-state index in [2.05, 4.69) is 20.4 Å². The van der Waals surface area contributed by atoms with E-state index >= 15 is 0 Å². The van der Waals surface area contributed by atoms with Crippen LogP contribution in [0.1, 0.15) is 25.8 Å². The van der Waals surface area contributed by atoms with Gasteiger partial charge in [0.05, 0.1) is 29.5 Å². The molecule has 0 amide bonds. The number of ether oxygens (including phenoxy) is 2. The number of anilines is 1. The minimum absolute atomic E-state index is 0.178. The monoisotopic (exact) mass is 492 g/mol. The third-order valence-electron chi connectivity index (χ3n) is 4.77. The second-order valence-corrected chi connectivity index (χ2v) is 9.25.